The minimum atomic E-state index is -1.03. The van der Waals surface area contributed by atoms with Crippen molar-refractivity contribution >= 4 is 17.6 Å². The summed E-state index contributed by atoms with van der Waals surface area (Å²) >= 11 is 5.91. The summed E-state index contributed by atoms with van der Waals surface area (Å²) in [4.78, 5) is 18.8. The fourth-order valence-corrected chi connectivity index (χ4v) is 1.67. The van der Waals surface area contributed by atoms with Gasteiger partial charge in [0, 0.05) is 24.2 Å². The Kier molecular flexibility index (Phi) is 2.83. The third-order valence-corrected chi connectivity index (χ3v) is 2.39. The van der Waals surface area contributed by atoms with E-state index < -0.39 is 5.97 Å². The van der Waals surface area contributed by atoms with E-state index in [9.17, 15) is 4.79 Å². The molecule has 0 amide bonds. The molecule has 1 N–H and O–H groups in total. The van der Waals surface area contributed by atoms with E-state index in [1.54, 1.807) is 24.5 Å². The van der Waals surface area contributed by atoms with Gasteiger partial charge in [-0.25, -0.2) is 9.78 Å². The van der Waals surface area contributed by atoms with Crippen molar-refractivity contribution in [3.8, 4) is 11.1 Å². The number of aromatic carboxylic acids is 1. The molecule has 0 unspecified atom stereocenters. The number of hydrogen-bond acceptors (Lipinski definition) is 3. The number of hydrogen-bond donors (Lipinski definition) is 1. The molecule has 0 saturated carbocycles. The molecule has 0 aromatic carbocycles. The number of carboxylic acid groups (broad SMARTS) is 1. The largest absolute Gasteiger partial charge is 0.478 e. The lowest BCUT2D eigenvalue weighted by Crippen LogP contribution is -2.01. The zero-order valence-electron chi connectivity index (χ0n) is 8.09. The Hall–Kier alpha value is -1.94. The molecule has 4 nitrogen and oxygen atoms in total. The first-order valence-corrected chi connectivity index (χ1v) is 4.86. The Morgan fingerprint density at radius 1 is 1.19 bits per heavy atom. The first-order chi connectivity index (χ1) is 7.70. The van der Waals surface area contributed by atoms with Crippen molar-refractivity contribution in [1.29, 1.82) is 0 Å². The standard InChI is InChI=1S/C11H7ClN2O2/c12-10-9(7-1-4-13-5-2-7)8(11(15)16)3-6-14-10/h1-6H,(H,15,16). The van der Waals surface area contributed by atoms with Crippen LogP contribution in [0.3, 0.4) is 0 Å². The Morgan fingerprint density at radius 3 is 2.50 bits per heavy atom. The number of aromatic nitrogens is 2. The summed E-state index contributed by atoms with van der Waals surface area (Å²) in [6.07, 6.45) is 4.52. The summed E-state index contributed by atoms with van der Waals surface area (Å²) in [6.45, 7) is 0. The average Bonchev–Trinajstić information content (AvgIpc) is 2.29. The highest BCUT2D eigenvalue weighted by molar-refractivity contribution is 6.32. The molecule has 0 spiro atoms. The van der Waals surface area contributed by atoms with Crippen LogP contribution in [-0.2, 0) is 0 Å². The van der Waals surface area contributed by atoms with Crippen LogP contribution >= 0.6 is 11.6 Å². The fourth-order valence-electron chi connectivity index (χ4n) is 1.41. The smallest absolute Gasteiger partial charge is 0.336 e. The number of rotatable bonds is 2. The lowest BCUT2D eigenvalue weighted by Gasteiger charge is -2.06. The number of nitrogens with zero attached hydrogens (tertiary/aromatic N) is 2. The van der Waals surface area contributed by atoms with E-state index in [0.29, 0.717) is 11.1 Å². The van der Waals surface area contributed by atoms with E-state index in [2.05, 4.69) is 9.97 Å². The predicted octanol–water partition coefficient (Wildman–Crippen LogP) is 2.50. The molecule has 0 bridgehead atoms. The summed E-state index contributed by atoms with van der Waals surface area (Å²) in [6, 6.07) is 4.80. The van der Waals surface area contributed by atoms with Crippen LogP contribution in [-0.4, -0.2) is 21.0 Å². The first-order valence-electron chi connectivity index (χ1n) is 4.48. The van der Waals surface area contributed by atoms with Crippen molar-refractivity contribution in [2.45, 2.75) is 0 Å². The molecule has 0 aliphatic rings. The maximum Gasteiger partial charge on any atom is 0.336 e. The van der Waals surface area contributed by atoms with Crippen LogP contribution in [0.4, 0.5) is 0 Å². The molecule has 80 valence electrons. The third-order valence-electron chi connectivity index (χ3n) is 2.10. The average molecular weight is 235 g/mol. The van der Waals surface area contributed by atoms with Gasteiger partial charge in [-0.3, -0.25) is 4.98 Å². The topological polar surface area (TPSA) is 63.1 Å². The Labute approximate surface area is 96.6 Å². The highest BCUT2D eigenvalue weighted by Gasteiger charge is 2.15. The van der Waals surface area contributed by atoms with Crippen LogP contribution in [0.2, 0.25) is 5.15 Å². The van der Waals surface area contributed by atoms with Gasteiger partial charge in [0.05, 0.1) is 5.56 Å². The first kappa shape index (κ1) is 10.6. The van der Waals surface area contributed by atoms with Gasteiger partial charge in [0.1, 0.15) is 5.15 Å². The van der Waals surface area contributed by atoms with E-state index in [1.807, 2.05) is 0 Å². The van der Waals surface area contributed by atoms with Gasteiger partial charge in [0.15, 0.2) is 0 Å². The van der Waals surface area contributed by atoms with Gasteiger partial charge in [0.25, 0.3) is 0 Å². The molecule has 2 aromatic heterocycles. The molecule has 0 saturated heterocycles. The van der Waals surface area contributed by atoms with E-state index in [0.717, 1.165) is 0 Å². The van der Waals surface area contributed by atoms with Crippen molar-refractivity contribution in [3.63, 3.8) is 0 Å². The summed E-state index contributed by atoms with van der Waals surface area (Å²) in [5.74, 6) is -1.03. The number of pyridine rings is 2. The molecule has 0 atom stereocenters. The van der Waals surface area contributed by atoms with Crippen LogP contribution in [0.5, 0.6) is 0 Å². The molecule has 5 heteroatoms. The molecule has 0 radical (unpaired) electrons. The number of halogens is 1. The van der Waals surface area contributed by atoms with Gasteiger partial charge in [0.2, 0.25) is 0 Å². The van der Waals surface area contributed by atoms with Gasteiger partial charge in [-0.2, -0.15) is 0 Å². The zero-order chi connectivity index (χ0) is 11.5. The Morgan fingerprint density at radius 2 is 1.88 bits per heavy atom. The van der Waals surface area contributed by atoms with Gasteiger partial charge in [-0.05, 0) is 23.8 Å². The molecule has 2 heterocycles. The maximum atomic E-state index is 11.0. The Balaban J connectivity index is 2.68. The molecule has 16 heavy (non-hydrogen) atoms. The van der Waals surface area contributed by atoms with Crippen LogP contribution in [0.15, 0.2) is 36.8 Å². The maximum absolute atomic E-state index is 11.0. The molecule has 0 aliphatic carbocycles. The summed E-state index contributed by atoms with van der Waals surface area (Å²) < 4.78 is 0. The third kappa shape index (κ3) is 1.87. The van der Waals surface area contributed by atoms with Gasteiger partial charge in [-0.15, -0.1) is 0 Å². The van der Waals surface area contributed by atoms with Crippen LogP contribution in [0.1, 0.15) is 10.4 Å². The monoisotopic (exact) mass is 234 g/mol. The second kappa shape index (κ2) is 4.28. The second-order valence-electron chi connectivity index (χ2n) is 3.07. The molecular weight excluding hydrogens is 228 g/mol. The van der Waals surface area contributed by atoms with E-state index in [4.69, 9.17) is 16.7 Å². The number of carbonyl (C=O) groups is 1. The van der Waals surface area contributed by atoms with Crippen molar-refractivity contribution in [3.05, 3.63) is 47.5 Å². The molecule has 2 aromatic rings. The molecule has 0 aliphatic heterocycles. The van der Waals surface area contributed by atoms with Crippen molar-refractivity contribution < 1.29 is 9.90 Å². The van der Waals surface area contributed by atoms with Crippen LogP contribution in [0, 0.1) is 0 Å². The normalized spacial score (nSPS) is 10.1. The fraction of sp³-hybridized carbons (Fsp3) is 0. The van der Waals surface area contributed by atoms with Crippen molar-refractivity contribution in [1.82, 2.24) is 9.97 Å². The van der Waals surface area contributed by atoms with Crippen LogP contribution in [0.25, 0.3) is 11.1 Å². The summed E-state index contributed by atoms with van der Waals surface area (Å²) in [5.41, 5.74) is 1.23. The SMILES string of the molecule is O=C(O)c1ccnc(Cl)c1-c1ccncc1. The minimum Gasteiger partial charge on any atom is -0.478 e. The van der Waals surface area contributed by atoms with Crippen molar-refractivity contribution in [2.75, 3.05) is 0 Å². The predicted molar refractivity (Wildman–Crippen MR) is 59.4 cm³/mol. The summed E-state index contributed by atoms with van der Waals surface area (Å²) in [5, 5.41) is 9.22. The highest BCUT2D eigenvalue weighted by Crippen LogP contribution is 2.29. The highest BCUT2D eigenvalue weighted by atomic mass is 35.5. The van der Waals surface area contributed by atoms with Gasteiger partial charge >= 0.3 is 5.97 Å². The molecular formula is C11H7ClN2O2. The van der Waals surface area contributed by atoms with Crippen LogP contribution < -0.4 is 0 Å². The molecule has 0 fully saturated rings. The van der Waals surface area contributed by atoms with E-state index >= 15 is 0 Å². The van der Waals surface area contributed by atoms with Crippen molar-refractivity contribution in [2.24, 2.45) is 0 Å². The quantitative estimate of drug-likeness (QED) is 0.811. The lowest BCUT2D eigenvalue weighted by molar-refractivity contribution is 0.0697. The van der Waals surface area contributed by atoms with Gasteiger partial charge in [-0.1, -0.05) is 11.6 Å². The van der Waals surface area contributed by atoms with E-state index in [1.165, 1.54) is 12.3 Å². The summed E-state index contributed by atoms with van der Waals surface area (Å²) in [7, 11) is 0. The van der Waals surface area contributed by atoms with Gasteiger partial charge < -0.3 is 5.11 Å². The zero-order valence-corrected chi connectivity index (χ0v) is 8.85. The number of carboxylic acids is 1. The Bertz CT molecular complexity index is 529. The minimum absolute atomic E-state index is 0.131. The second-order valence-corrected chi connectivity index (χ2v) is 3.42. The lowest BCUT2D eigenvalue weighted by atomic mass is 10.0. The molecule has 2 rings (SSSR count). The van der Waals surface area contributed by atoms with E-state index in [-0.39, 0.29) is 10.7 Å².